The Hall–Kier alpha value is -1.52. The van der Waals surface area contributed by atoms with E-state index in [0.717, 1.165) is 33.5 Å². The van der Waals surface area contributed by atoms with Crippen molar-refractivity contribution in [2.75, 3.05) is 6.61 Å². The van der Waals surface area contributed by atoms with E-state index in [1.165, 1.54) is 0 Å². The maximum absolute atomic E-state index is 5.91. The van der Waals surface area contributed by atoms with Gasteiger partial charge < -0.3 is 15.2 Å². The highest BCUT2D eigenvalue weighted by Gasteiger charge is 2.08. The summed E-state index contributed by atoms with van der Waals surface area (Å²) >= 11 is 3.47. The third-order valence-electron chi connectivity index (χ3n) is 3.15. The van der Waals surface area contributed by atoms with Crippen LogP contribution in [-0.4, -0.2) is 12.6 Å². The van der Waals surface area contributed by atoms with Gasteiger partial charge >= 0.3 is 0 Å². The van der Waals surface area contributed by atoms with Crippen molar-refractivity contribution in [2.45, 2.75) is 32.9 Å². The van der Waals surface area contributed by atoms with Crippen molar-refractivity contribution in [1.82, 2.24) is 0 Å². The van der Waals surface area contributed by atoms with Crippen LogP contribution in [0.5, 0.6) is 11.5 Å². The minimum absolute atomic E-state index is 0.128. The average Bonchev–Trinajstić information content (AvgIpc) is 2.46. The van der Waals surface area contributed by atoms with Crippen molar-refractivity contribution in [3.8, 4) is 11.5 Å². The first kappa shape index (κ1) is 16.8. The molecule has 0 saturated heterocycles. The highest BCUT2D eigenvalue weighted by molar-refractivity contribution is 9.10. The molecule has 0 aliphatic carbocycles. The van der Waals surface area contributed by atoms with Gasteiger partial charge in [0, 0.05) is 10.5 Å². The molecule has 2 rings (SSSR count). The molecule has 22 heavy (non-hydrogen) atoms. The summed E-state index contributed by atoms with van der Waals surface area (Å²) < 4.78 is 12.7. The summed E-state index contributed by atoms with van der Waals surface area (Å²) in [5.74, 6) is 1.53. The predicted octanol–water partition coefficient (Wildman–Crippen LogP) is 4.32. The van der Waals surface area contributed by atoms with Gasteiger partial charge in [-0.1, -0.05) is 34.1 Å². The first-order valence-electron chi connectivity index (χ1n) is 7.47. The standard InChI is InChI=1S/C18H22BrNO2/c1-3-21-18-11-14(9-13(2)20)7-8-17(18)22-12-15-5-4-6-16(19)10-15/h4-8,10-11,13H,3,9,12,20H2,1-2H3. The SMILES string of the molecule is CCOc1cc(CC(C)N)ccc1OCc1cccc(Br)c1. The van der Waals surface area contributed by atoms with Gasteiger partial charge in [-0.3, -0.25) is 0 Å². The molecule has 0 heterocycles. The van der Waals surface area contributed by atoms with Crippen LogP contribution in [0.3, 0.4) is 0 Å². The monoisotopic (exact) mass is 363 g/mol. The lowest BCUT2D eigenvalue weighted by Crippen LogP contribution is -2.17. The molecule has 0 amide bonds. The van der Waals surface area contributed by atoms with E-state index in [1.807, 2.05) is 56.3 Å². The van der Waals surface area contributed by atoms with Gasteiger partial charge in [-0.25, -0.2) is 0 Å². The molecule has 1 atom stereocenters. The number of halogens is 1. The summed E-state index contributed by atoms with van der Waals surface area (Å²) in [4.78, 5) is 0. The Bertz CT molecular complexity index is 614. The Morgan fingerprint density at radius 3 is 2.55 bits per heavy atom. The van der Waals surface area contributed by atoms with Gasteiger partial charge in [0.05, 0.1) is 6.61 Å². The fraction of sp³-hybridized carbons (Fsp3) is 0.333. The second-order valence-electron chi connectivity index (χ2n) is 5.31. The van der Waals surface area contributed by atoms with Crippen LogP contribution in [0.4, 0.5) is 0 Å². The van der Waals surface area contributed by atoms with Crippen molar-refractivity contribution < 1.29 is 9.47 Å². The zero-order chi connectivity index (χ0) is 15.9. The largest absolute Gasteiger partial charge is 0.490 e. The molecular formula is C18H22BrNO2. The summed E-state index contributed by atoms with van der Waals surface area (Å²) in [5.41, 5.74) is 8.13. The summed E-state index contributed by atoms with van der Waals surface area (Å²) in [7, 11) is 0. The molecule has 0 aromatic heterocycles. The molecule has 0 saturated carbocycles. The van der Waals surface area contributed by atoms with Crippen molar-refractivity contribution in [2.24, 2.45) is 5.73 Å². The zero-order valence-electron chi connectivity index (χ0n) is 13.0. The first-order valence-corrected chi connectivity index (χ1v) is 8.26. The number of ether oxygens (including phenoxy) is 2. The highest BCUT2D eigenvalue weighted by Crippen LogP contribution is 2.30. The van der Waals surface area contributed by atoms with Crippen LogP contribution >= 0.6 is 15.9 Å². The van der Waals surface area contributed by atoms with Crippen molar-refractivity contribution >= 4 is 15.9 Å². The second kappa shape index (κ2) is 8.20. The summed E-state index contributed by atoms with van der Waals surface area (Å²) in [6.45, 7) is 5.08. The Morgan fingerprint density at radius 2 is 1.86 bits per heavy atom. The van der Waals surface area contributed by atoms with Crippen LogP contribution in [0.15, 0.2) is 46.9 Å². The van der Waals surface area contributed by atoms with Gasteiger partial charge in [0.2, 0.25) is 0 Å². The molecule has 2 aromatic carbocycles. The second-order valence-corrected chi connectivity index (χ2v) is 6.23. The van der Waals surface area contributed by atoms with Gasteiger partial charge in [-0.2, -0.15) is 0 Å². The number of benzene rings is 2. The maximum atomic E-state index is 5.91. The van der Waals surface area contributed by atoms with Crippen LogP contribution in [0, 0.1) is 0 Å². The van der Waals surface area contributed by atoms with E-state index in [-0.39, 0.29) is 6.04 Å². The predicted molar refractivity (Wildman–Crippen MR) is 93.4 cm³/mol. The van der Waals surface area contributed by atoms with Gasteiger partial charge in [0.15, 0.2) is 11.5 Å². The zero-order valence-corrected chi connectivity index (χ0v) is 14.6. The number of nitrogens with two attached hydrogens (primary N) is 1. The summed E-state index contributed by atoms with van der Waals surface area (Å²) in [6.07, 6.45) is 0.825. The Labute approximate surface area is 140 Å². The third kappa shape index (κ3) is 5.04. The van der Waals surface area contributed by atoms with E-state index in [9.17, 15) is 0 Å². The van der Waals surface area contributed by atoms with E-state index in [0.29, 0.717) is 13.2 Å². The van der Waals surface area contributed by atoms with Crippen molar-refractivity contribution in [1.29, 1.82) is 0 Å². The molecule has 118 valence electrons. The normalized spacial score (nSPS) is 12.0. The van der Waals surface area contributed by atoms with Crippen LogP contribution in [0.2, 0.25) is 0 Å². The average molecular weight is 364 g/mol. The number of hydrogen-bond donors (Lipinski definition) is 1. The van der Waals surface area contributed by atoms with Gasteiger partial charge in [-0.05, 0) is 55.7 Å². The molecule has 0 radical (unpaired) electrons. The molecule has 0 fully saturated rings. The van der Waals surface area contributed by atoms with Crippen LogP contribution < -0.4 is 15.2 Å². The maximum Gasteiger partial charge on any atom is 0.161 e. The lowest BCUT2D eigenvalue weighted by Gasteiger charge is -2.14. The quantitative estimate of drug-likeness (QED) is 0.796. The Balaban J connectivity index is 2.11. The first-order chi connectivity index (χ1) is 10.6. The van der Waals surface area contributed by atoms with E-state index in [4.69, 9.17) is 15.2 Å². The van der Waals surface area contributed by atoms with Crippen LogP contribution in [0.1, 0.15) is 25.0 Å². The molecule has 0 aliphatic rings. The van der Waals surface area contributed by atoms with Gasteiger partial charge in [-0.15, -0.1) is 0 Å². The fourth-order valence-corrected chi connectivity index (χ4v) is 2.67. The lowest BCUT2D eigenvalue weighted by molar-refractivity contribution is 0.269. The number of rotatable bonds is 7. The van der Waals surface area contributed by atoms with Crippen LogP contribution in [-0.2, 0) is 13.0 Å². The summed E-state index contributed by atoms with van der Waals surface area (Å²) in [6, 6.07) is 14.2. The smallest absolute Gasteiger partial charge is 0.161 e. The molecule has 4 heteroatoms. The minimum atomic E-state index is 0.128. The molecule has 1 unspecified atom stereocenters. The molecule has 0 bridgehead atoms. The van der Waals surface area contributed by atoms with E-state index in [2.05, 4.69) is 15.9 Å². The Kier molecular flexibility index (Phi) is 6.28. The van der Waals surface area contributed by atoms with Crippen LogP contribution in [0.25, 0.3) is 0 Å². The topological polar surface area (TPSA) is 44.5 Å². The van der Waals surface area contributed by atoms with E-state index in [1.54, 1.807) is 0 Å². The Morgan fingerprint density at radius 1 is 1.05 bits per heavy atom. The van der Waals surface area contributed by atoms with Crippen molar-refractivity contribution in [3.63, 3.8) is 0 Å². The summed E-state index contributed by atoms with van der Waals surface area (Å²) in [5, 5.41) is 0. The van der Waals surface area contributed by atoms with E-state index < -0.39 is 0 Å². The molecule has 0 spiro atoms. The molecule has 2 N–H and O–H groups in total. The number of hydrogen-bond acceptors (Lipinski definition) is 3. The molecular weight excluding hydrogens is 342 g/mol. The highest BCUT2D eigenvalue weighted by atomic mass is 79.9. The minimum Gasteiger partial charge on any atom is -0.490 e. The van der Waals surface area contributed by atoms with Gasteiger partial charge in [0.1, 0.15) is 6.61 Å². The molecule has 3 nitrogen and oxygen atoms in total. The molecule has 0 aliphatic heterocycles. The third-order valence-corrected chi connectivity index (χ3v) is 3.64. The van der Waals surface area contributed by atoms with Crippen molar-refractivity contribution in [3.05, 3.63) is 58.1 Å². The lowest BCUT2D eigenvalue weighted by atomic mass is 10.1. The fourth-order valence-electron chi connectivity index (χ4n) is 2.23. The van der Waals surface area contributed by atoms with Gasteiger partial charge in [0.25, 0.3) is 0 Å². The molecule has 2 aromatic rings. The van der Waals surface area contributed by atoms with E-state index >= 15 is 0 Å².